The SMILES string of the molecule is Cc1ccccc1-c1cnn(C(=O)NC2CN3CC[C@H]2C3)c1. The molecule has 2 saturated heterocycles. The van der Waals surface area contributed by atoms with Crippen LogP contribution in [0.2, 0.25) is 0 Å². The number of benzene rings is 1. The molecule has 3 heterocycles. The van der Waals surface area contributed by atoms with Crippen molar-refractivity contribution in [2.45, 2.75) is 19.4 Å². The molecule has 1 amide bonds. The number of amides is 1. The van der Waals surface area contributed by atoms with Crippen LogP contribution >= 0.6 is 0 Å². The Kier molecular flexibility index (Phi) is 3.22. The summed E-state index contributed by atoms with van der Waals surface area (Å²) in [5, 5.41) is 7.35. The van der Waals surface area contributed by atoms with E-state index in [1.54, 1.807) is 6.20 Å². The summed E-state index contributed by atoms with van der Waals surface area (Å²) in [5.74, 6) is 0.607. The summed E-state index contributed by atoms with van der Waals surface area (Å²) in [5.41, 5.74) is 3.28. The predicted molar refractivity (Wildman–Crippen MR) is 84.7 cm³/mol. The Hall–Kier alpha value is -2.14. The smallest absolute Gasteiger partial charge is 0.332 e. The van der Waals surface area contributed by atoms with Gasteiger partial charge in [-0.1, -0.05) is 24.3 Å². The molecule has 0 aliphatic carbocycles. The second-order valence-electron chi connectivity index (χ2n) is 6.35. The second-order valence-corrected chi connectivity index (χ2v) is 6.35. The number of hydrogen-bond acceptors (Lipinski definition) is 3. The molecule has 22 heavy (non-hydrogen) atoms. The van der Waals surface area contributed by atoms with E-state index in [-0.39, 0.29) is 12.1 Å². The molecule has 2 fully saturated rings. The fourth-order valence-electron chi connectivity index (χ4n) is 3.64. The summed E-state index contributed by atoms with van der Waals surface area (Å²) in [4.78, 5) is 14.8. The molecule has 2 unspecified atom stereocenters. The maximum Gasteiger partial charge on any atom is 0.342 e. The van der Waals surface area contributed by atoms with Crippen molar-refractivity contribution >= 4 is 6.03 Å². The van der Waals surface area contributed by atoms with Crippen LogP contribution in [0.15, 0.2) is 36.7 Å². The highest BCUT2D eigenvalue weighted by molar-refractivity contribution is 5.78. The van der Waals surface area contributed by atoms with Gasteiger partial charge in [0.1, 0.15) is 0 Å². The van der Waals surface area contributed by atoms with Crippen molar-refractivity contribution in [1.29, 1.82) is 0 Å². The standard InChI is InChI=1S/C17H20N4O/c1-12-4-2-3-5-15(12)14-8-18-21(10-14)17(22)19-16-11-20-7-6-13(16)9-20/h2-5,8,10,13,16H,6-7,9,11H2,1H3,(H,19,22)/t13-,16?/m0/s1. The molecule has 2 aromatic rings. The van der Waals surface area contributed by atoms with Crippen molar-refractivity contribution in [3.05, 3.63) is 42.2 Å². The lowest BCUT2D eigenvalue weighted by Crippen LogP contribution is -2.45. The first-order valence-electron chi connectivity index (χ1n) is 7.84. The van der Waals surface area contributed by atoms with Gasteiger partial charge in [-0.15, -0.1) is 0 Å². The average Bonchev–Trinajstić information content (AvgIpc) is 3.24. The summed E-state index contributed by atoms with van der Waals surface area (Å²) >= 11 is 0. The van der Waals surface area contributed by atoms with Gasteiger partial charge in [-0.2, -0.15) is 9.78 Å². The molecule has 5 nitrogen and oxygen atoms in total. The van der Waals surface area contributed by atoms with Crippen molar-refractivity contribution in [3.63, 3.8) is 0 Å². The van der Waals surface area contributed by atoms with Crippen LogP contribution in [0.5, 0.6) is 0 Å². The molecule has 0 spiro atoms. The van der Waals surface area contributed by atoms with Crippen molar-refractivity contribution in [3.8, 4) is 11.1 Å². The van der Waals surface area contributed by atoms with Crippen LogP contribution in [0, 0.1) is 12.8 Å². The lowest BCUT2D eigenvalue weighted by molar-refractivity contribution is 0.228. The maximum atomic E-state index is 12.4. The van der Waals surface area contributed by atoms with Crippen LogP contribution < -0.4 is 5.32 Å². The Bertz CT molecular complexity index is 708. The van der Waals surface area contributed by atoms with Gasteiger partial charge >= 0.3 is 6.03 Å². The lowest BCUT2D eigenvalue weighted by atomic mass is 10.0. The molecule has 0 radical (unpaired) electrons. The van der Waals surface area contributed by atoms with E-state index in [2.05, 4.69) is 34.4 Å². The first-order chi connectivity index (χ1) is 10.7. The largest absolute Gasteiger partial charge is 0.342 e. The molecule has 0 saturated carbocycles. The first-order valence-corrected chi connectivity index (χ1v) is 7.84. The molecule has 2 bridgehead atoms. The number of carbonyl (C=O) groups excluding carboxylic acids is 1. The van der Waals surface area contributed by atoms with E-state index in [1.807, 2.05) is 18.3 Å². The van der Waals surface area contributed by atoms with E-state index in [9.17, 15) is 4.79 Å². The Morgan fingerprint density at radius 3 is 2.91 bits per heavy atom. The molecular formula is C17H20N4O. The van der Waals surface area contributed by atoms with Crippen molar-refractivity contribution in [1.82, 2.24) is 20.0 Å². The number of carbonyl (C=O) groups is 1. The Morgan fingerprint density at radius 2 is 2.18 bits per heavy atom. The van der Waals surface area contributed by atoms with Gasteiger partial charge in [-0.3, -0.25) is 0 Å². The monoisotopic (exact) mass is 296 g/mol. The first kappa shape index (κ1) is 13.5. The summed E-state index contributed by atoms with van der Waals surface area (Å²) in [6.07, 6.45) is 4.76. The lowest BCUT2D eigenvalue weighted by Gasteiger charge is -2.22. The van der Waals surface area contributed by atoms with E-state index < -0.39 is 0 Å². The molecule has 5 heteroatoms. The van der Waals surface area contributed by atoms with E-state index in [4.69, 9.17) is 0 Å². The zero-order valence-corrected chi connectivity index (χ0v) is 12.7. The molecule has 1 N–H and O–H groups in total. The third kappa shape index (κ3) is 2.31. The predicted octanol–water partition coefficient (Wildman–Crippen LogP) is 2.12. The van der Waals surface area contributed by atoms with Crippen molar-refractivity contribution in [2.24, 2.45) is 5.92 Å². The molecule has 2 aliphatic rings. The van der Waals surface area contributed by atoms with Gasteiger partial charge in [0.15, 0.2) is 0 Å². The number of aryl methyl sites for hydroxylation is 1. The fourth-order valence-corrected chi connectivity index (χ4v) is 3.64. The highest BCUT2D eigenvalue weighted by Crippen LogP contribution is 2.28. The number of nitrogens with zero attached hydrogens (tertiary/aromatic N) is 3. The second kappa shape index (κ2) is 5.25. The molecule has 1 aromatic carbocycles. The van der Waals surface area contributed by atoms with Crippen molar-refractivity contribution < 1.29 is 4.79 Å². The molecular weight excluding hydrogens is 276 g/mol. The van der Waals surface area contributed by atoms with Crippen LogP contribution in [0.3, 0.4) is 0 Å². The number of fused-ring (bicyclic) bond motifs is 2. The number of rotatable bonds is 2. The van der Waals surface area contributed by atoms with Crippen LogP contribution in [-0.4, -0.2) is 46.4 Å². The van der Waals surface area contributed by atoms with Crippen LogP contribution in [0.4, 0.5) is 4.79 Å². The zero-order chi connectivity index (χ0) is 15.1. The normalized spacial score (nSPS) is 26.3. The topological polar surface area (TPSA) is 50.2 Å². The minimum Gasteiger partial charge on any atom is -0.332 e. The van der Waals surface area contributed by atoms with Crippen LogP contribution in [-0.2, 0) is 0 Å². The summed E-state index contributed by atoms with van der Waals surface area (Å²) in [7, 11) is 0. The summed E-state index contributed by atoms with van der Waals surface area (Å²) in [6, 6.07) is 8.28. The van der Waals surface area contributed by atoms with Crippen LogP contribution in [0.25, 0.3) is 11.1 Å². The molecule has 3 atom stereocenters. The van der Waals surface area contributed by atoms with E-state index in [0.717, 1.165) is 24.2 Å². The number of aromatic nitrogens is 2. The Morgan fingerprint density at radius 1 is 1.32 bits per heavy atom. The quantitative estimate of drug-likeness (QED) is 0.923. The molecule has 1 aromatic heterocycles. The van der Waals surface area contributed by atoms with Gasteiger partial charge < -0.3 is 10.2 Å². The van der Waals surface area contributed by atoms with E-state index >= 15 is 0 Å². The van der Waals surface area contributed by atoms with Crippen molar-refractivity contribution in [2.75, 3.05) is 19.6 Å². The van der Waals surface area contributed by atoms with Gasteiger partial charge in [-0.05, 0) is 36.9 Å². The minimum atomic E-state index is -0.126. The third-order valence-electron chi connectivity index (χ3n) is 4.89. The van der Waals surface area contributed by atoms with Gasteiger partial charge in [0, 0.05) is 30.9 Å². The number of nitrogens with one attached hydrogen (secondary N) is 1. The fraction of sp³-hybridized carbons (Fsp3) is 0.412. The zero-order valence-electron chi connectivity index (χ0n) is 12.7. The average molecular weight is 296 g/mol. The number of hydrogen-bond donors (Lipinski definition) is 1. The molecule has 2 aliphatic heterocycles. The van der Waals surface area contributed by atoms with Gasteiger partial charge in [0.2, 0.25) is 0 Å². The van der Waals surface area contributed by atoms with Gasteiger partial charge in [-0.25, -0.2) is 4.79 Å². The molecule has 114 valence electrons. The highest BCUT2D eigenvalue weighted by atomic mass is 16.2. The van der Waals surface area contributed by atoms with Crippen LogP contribution in [0.1, 0.15) is 12.0 Å². The minimum absolute atomic E-state index is 0.126. The summed E-state index contributed by atoms with van der Waals surface area (Å²) < 4.78 is 1.42. The highest BCUT2D eigenvalue weighted by Gasteiger charge is 2.38. The maximum absolute atomic E-state index is 12.4. The third-order valence-corrected chi connectivity index (χ3v) is 4.89. The number of piperidine rings is 1. The Balaban J connectivity index is 1.49. The Labute approximate surface area is 129 Å². The molecule has 4 rings (SSSR count). The van der Waals surface area contributed by atoms with Gasteiger partial charge in [0.05, 0.1) is 6.20 Å². The summed E-state index contributed by atoms with van der Waals surface area (Å²) in [6.45, 7) is 5.34. The van der Waals surface area contributed by atoms with E-state index in [0.29, 0.717) is 5.92 Å². The van der Waals surface area contributed by atoms with Gasteiger partial charge in [0.25, 0.3) is 0 Å². The van der Waals surface area contributed by atoms with E-state index in [1.165, 1.54) is 23.2 Å².